The van der Waals surface area contributed by atoms with Crippen molar-refractivity contribution in [3.05, 3.63) is 208 Å². The fourth-order valence-corrected chi connectivity index (χ4v) is 7.57. The molecule has 21 nitrogen and oxygen atoms in total. The van der Waals surface area contributed by atoms with Gasteiger partial charge >= 0.3 is 0 Å². The molecule has 7 unspecified atom stereocenters. The minimum absolute atomic E-state index is 0.0347. The van der Waals surface area contributed by atoms with E-state index in [1.165, 1.54) is 12.2 Å². The largest absolute Gasteiger partial charge is 0.454 e. The molecular weight excluding hydrogens is 1510 g/mol. The Hall–Kier alpha value is -10.4. The number of ether oxygens (including phenoxy) is 14. The van der Waals surface area contributed by atoms with Gasteiger partial charge in [0.25, 0.3) is 0 Å². The molecular formula is C98H126O21. The molecule has 119 heavy (non-hydrogen) atoms. The van der Waals surface area contributed by atoms with E-state index < -0.39 is 321 Å². The predicted octanol–water partition coefficient (Wildman–Crippen LogP) is 19.8. The van der Waals surface area contributed by atoms with Crippen LogP contribution in [0, 0.1) is 37.9 Å². The number of hydrogen-bond donors (Lipinski definition) is 7. The summed E-state index contributed by atoms with van der Waals surface area (Å²) < 4.78 is 536. The van der Waals surface area contributed by atoms with E-state index in [0.29, 0.717) is 19.9 Å². The van der Waals surface area contributed by atoms with Crippen LogP contribution in [0.5, 0.6) is 80.5 Å². The first-order valence-corrected chi connectivity index (χ1v) is 35.0. The summed E-state index contributed by atoms with van der Waals surface area (Å²) in [5.41, 5.74) is -14.6. The van der Waals surface area contributed by atoms with Crippen molar-refractivity contribution in [2.75, 3.05) is 47.4 Å². The van der Waals surface area contributed by atoms with Crippen LogP contribution in [0.3, 0.4) is 0 Å². The Kier molecular flexibility index (Phi) is 14.2. The Balaban J connectivity index is 0.000000252. The number of hydrogen-bond acceptors (Lipinski definition) is 21. The lowest BCUT2D eigenvalue weighted by molar-refractivity contribution is 0.106. The number of aliphatic hydroxyl groups excluding tert-OH is 3. The summed E-state index contributed by atoms with van der Waals surface area (Å²) in [7, 11) is 0. The summed E-state index contributed by atoms with van der Waals surface area (Å²) in [5.74, 6) is -3.89. The molecule has 7 aromatic rings. The van der Waals surface area contributed by atoms with E-state index in [1.807, 2.05) is 20.8 Å². The van der Waals surface area contributed by atoms with Crippen molar-refractivity contribution in [1.29, 1.82) is 0 Å². The van der Waals surface area contributed by atoms with Gasteiger partial charge in [-0.3, -0.25) is 0 Å². The van der Waals surface area contributed by atoms with Crippen molar-refractivity contribution in [2.45, 2.75) is 188 Å². The molecule has 21 heteroatoms. The lowest BCUT2D eigenvalue weighted by Crippen LogP contribution is -2.23. The fraction of sp³-hybridized carbons (Fsp3) is 0.429. The van der Waals surface area contributed by atoms with Gasteiger partial charge in [0.05, 0.1) is 89.2 Å². The molecule has 7 aliphatic heterocycles. The zero-order chi connectivity index (χ0) is 139. The molecule has 0 radical (unpaired) electrons. The maximum atomic E-state index is 10.6. The smallest absolute Gasteiger partial charge is 0.231 e. The monoisotopic (exact) mass is 1700 g/mol. The first-order valence-electron chi connectivity index (χ1n) is 65.0. The minimum atomic E-state index is -3.72. The SMILES string of the molecule is [2H]/C(=C(/[2H])C([2H])(O)C(C)(C([2H])([2H])[2H])C([2H])([2H])[2H])c1c([2H])c([2H])c2c(c1[2H])OC([2H])([2H])O2.[2H]/C(=C(/[2H])C([2H])(O)C(C)(C([2H])([2H])[2H])C([2H])([2H])[2H])c1c([2H])c([2H])c2c(c1[2H])OCO2.[2H]/C(=C\C(O)C(C)(C)C)c1c([2H])c([2H])c2c(c1[2H])OC([2H])([2H])O2.[2H]/C(=C\C(O)C(C)(C)C)c1c([2H])c([2H])c2c(c1[2H])OCO2.[2H]/C(=C\c1c([2H])c([2H])c2c(c1[2H])OC([2H])([2H])O2)C(O)C(C)(C([2H])([2H])[2H])C([2H])([2H])[2H].[2H]/C(=C\c1c([2H])c([2H])c2c(c1[2H])OC([2H])([2H])O2)C([2H])(O)C(C)(C)C.[2H]/C(=C\c1c([2H])c([2H])c2c(c1[2H])OCO2)C([2H])(O)C(C)(C)C. The standard InChI is InChI=1S/7C14H18O3/c7*1-14(2,3)13(15)7-5-10-4-6-11-12(8-10)17-9-16-11/h7*4-8,13,15H,9H2,1-3H3/b7*7-5+/i1D3,2D3,4D,5D,6D,7D,8D,9D2,13D;1D3,2D3,4D,5D,6D,7D,8D,13D;1D3,2D3,4D,6D,7D,8D,9D2;4D,6D,7D,8D,9D2,13D;4D,6D,7D,8D,13D;4D,5D,6D,8D,9D2;4D,5D,6D,8D. The zero-order valence-electron chi connectivity index (χ0n) is 127. The van der Waals surface area contributed by atoms with Gasteiger partial charge < -0.3 is 102 Å². The molecule has 7 aromatic carbocycles. The first-order chi connectivity index (χ1) is 80.0. The van der Waals surface area contributed by atoms with Crippen LogP contribution in [-0.4, -0.2) is 126 Å². The third-order valence-corrected chi connectivity index (χ3v) is 14.8. The Morgan fingerprint density at radius 2 is 0.487 bits per heavy atom. The average molecular weight is 1700 g/mol. The van der Waals surface area contributed by atoms with E-state index >= 15 is 0 Å². The van der Waals surface area contributed by atoms with Crippen molar-refractivity contribution in [2.24, 2.45) is 37.9 Å². The van der Waals surface area contributed by atoms with Gasteiger partial charge in [-0.15, -0.1) is 0 Å². The maximum absolute atomic E-state index is 10.6. The Bertz CT molecular complexity index is 7800. The van der Waals surface area contributed by atoms with Gasteiger partial charge in [-0.2, -0.15) is 0 Å². The molecule has 0 saturated heterocycles. The van der Waals surface area contributed by atoms with Crippen LogP contribution < -0.4 is 66.3 Å². The van der Waals surface area contributed by atoms with E-state index in [0.717, 1.165) is 19.1 Å². The molecule has 0 aliphatic carbocycles. The molecule has 644 valence electrons. The molecule has 7 atom stereocenters. The van der Waals surface area contributed by atoms with Gasteiger partial charge in [-0.25, -0.2) is 0 Å². The van der Waals surface area contributed by atoms with Crippen molar-refractivity contribution in [3.63, 3.8) is 0 Å². The van der Waals surface area contributed by atoms with Crippen molar-refractivity contribution in [1.82, 2.24) is 0 Å². The number of rotatable bonds is 14. The minimum Gasteiger partial charge on any atom is -0.454 e. The van der Waals surface area contributed by atoms with E-state index in [9.17, 15) is 35.7 Å². The van der Waals surface area contributed by atoms with Crippen LogP contribution in [-0.2, 0) is 0 Å². The molecule has 14 rings (SSSR count). The van der Waals surface area contributed by atoms with Gasteiger partial charge in [0.15, 0.2) is 80.5 Å². The zero-order valence-corrected chi connectivity index (χ0v) is 66.6. The van der Waals surface area contributed by atoms with Crippen LogP contribution in [0.15, 0.2) is 169 Å². The third-order valence-electron chi connectivity index (χ3n) is 14.8. The quantitative estimate of drug-likeness (QED) is 0.0533. The van der Waals surface area contributed by atoms with E-state index in [-0.39, 0.29) is 148 Å². The highest BCUT2D eigenvalue weighted by Crippen LogP contribution is 2.40. The summed E-state index contributed by atoms with van der Waals surface area (Å²) in [4.78, 5) is 0. The predicted molar refractivity (Wildman–Crippen MR) is 469 cm³/mol. The Morgan fingerprint density at radius 3 is 0.756 bits per heavy atom. The van der Waals surface area contributed by atoms with Crippen molar-refractivity contribution >= 4 is 42.4 Å². The molecule has 7 aliphatic rings. The molecule has 0 spiro atoms. The highest BCUT2D eigenvalue weighted by Gasteiger charge is 2.27. The Morgan fingerprint density at radius 1 is 0.269 bits per heavy atom. The average Bonchev–Trinajstić information content (AvgIpc) is 1.66. The molecule has 0 aromatic heterocycles. The van der Waals surface area contributed by atoms with E-state index in [1.54, 1.807) is 62.3 Å². The second-order valence-corrected chi connectivity index (χ2v) is 29.7. The molecule has 0 bridgehead atoms. The molecule has 7 heterocycles. The van der Waals surface area contributed by atoms with Crippen molar-refractivity contribution < 1.29 is 184 Å². The van der Waals surface area contributed by atoms with Crippen LogP contribution in [0.4, 0.5) is 0 Å². The number of benzene rings is 7. The summed E-state index contributed by atoms with van der Waals surface area (Å²) in [6, 6.07) is -18.5. The maximum Gasteiger partial charge on any atom is 0.231 e. The summed E-state index contributed by atoms with van der Waals surface area (Å²) in [6.07, 6.45) is -10.8. The van der Waals surface area contributed by atoms with Crippen LogP contribution in [0.2, 0.25) is 0 Å². The highest BCUT2D eigenvalue weighted by molar-refractivity contribution is 5.63. The van der Waals surface area contributed by atoms with Gasteiger partial charge in [0, 0.05) is 24.7 Å². The molecule has 0 saturated carbocycles. The van der Waals surface area contributed by atoms with E-state index in [4.69, 9.17) is 149 Å². The van der Waals surface area contributed by atoms with Crippen molar-refractivity contribution in [3.8, 4) is 80.5 Å². The topological polar surface area (TPSA) is 271 Å². The molecule has 0 fully saturated rings. The number of aliphatic hydroxyl groups is 7. The highest BCUT2D eigenvalue weighted by atomic mass is 16.7. The van der Waals surface area contributed by atoms with Gasteiger partial charge in [-0.05, 0) is 161 Å². The Labute approximate surface area is 788 Å². The van der Waals surface area contributed by atoms with Crippen LogP contribution >= 0.6 is 0 Å². The third kappa shape index (κ3) is 30.1. The first kappa shape index (κ1) is 40.8. The van der Waals surface area contributed by atoms with E-state index in [2.05, 4.69) is 0 Å². The van der Waals surface area contributed by atoms with Gasteiger partial charge in [0.2, 0.25) is 47.4 Å². The molecule has 7 N–H and O–H groups in total. The second kappa shape index (κ2) is 41.6. The molecule has 0 amide bonds. The fourth-order valence-electron chi connectivity index (χ4n) is 7.57. The van der Waals surface area contributed by atoms with Crippen LogP contribution in [0.25, 0.3) is 42.4 Å². The summed E-state index contributed by atoms with van der Waals surface area (Å²) >= 11 is 0. The lowest BCUT2D eigenvalue weighted by Gasteiger charge is -2.22. The summed E-state index contributed by atoms with van der Waals surface area (Å²) in [6.45, 7) is -9.13. The normalized spacial score (nSPS) is 27.9. The second-order valence-electron chi connectivity index (χ2n) is 29.7. The lowest BCUT2D eigenvalue weighted by atomic mass is 9.89. The van der Waals surface area contributed by atoms with Gasteiger partial charge in [0.1, 0.15) is 11.0 Å². The number of fused-ring (bicyclic) bond motifs is 7. The van der Waals surface area contributed by atoms with Crippen LogP contribution in [0.1, 0.15) is 266 Å². The summed E-state index contributed by atoms with van der Waals surface area (Å²) in [5, 5.41) is 72.2. The van der Waals surface area contributed by atoms with Gasteiger partial charge in [-0.1, -0.05) is 272 Å².